The first kappa shape index (κ1) is 30.3. The number of alkyl halides is 1. The summed E-state index contributed by atoms with van der Waals surface area (Å²) >= 11 is 0. The highest BCUT2D eigenvalue weighted by atomic mass is 19.1. The van der Waals surface area contributed by atoms with Crippen molar-refractivity contribution in [1.82, 2.24) is 0 Å². The molecule has 43 heavy (non-hydrogen) atoms. The third-order valence-corrected chi connectivity index (χ3v) is 8.04. The standard InChI is InChI=1S/C30H29FO12/c1-11-27(41-13(3)33)28(42-14(4)34)22(31)29(40-11)43-18-10-30(39,12(2)32)9-17-19(18)26(38)21-20(25(17)37)23(35)15-7-5-6-8-16(15)24(21)36/h5-8,11,18,22,27-29,37-39H,9-10H2,1-4H3/t11?,18?,22?,27?,28?,29?,30-/m0/s1. The summed E-state index contributed by atoms with van der Waals surface area (Å²) in [5.74, 6) is -5.45. The SMILES string of the molecule is CC(=O)OC1C(C)OC(OC2C[C@](O)(C(C)=O)Cc3c(O)c4c(c(O)c32)C(=O)c2ccccc2C4=O)C(F)C1OC(C)=O. The molecule has 0 amide bonds. The van der Waals surface area contributed by atoms with Crippen LogP contribution < -0.4 is 0 Å². The van der Waals surface area contributed by atoms with Crippen molar-refractivity contribution < 1.29 is 62.6 Å². The molecule has 0 saturated carbocycles. The number of aliphatic hydroxyl groups is 1. The third-order valence-electron chi connectivity index (χ3n) is 8.04. The van der Waals surface area contributed by atoms with E-state index in [1.807, 2.05) is 0 Å². The van der Waals surface area contributed by atoms with E-state index in [4.69, 9.17) is 18.9 Å². The Balaban J connectivity index is 1.62. The van der Waals surface area contributed by atoms with Gasteiger partial charge in [-0.1, -0.05) is 24.3 Å². The summed E-state index contributed by atoms with van der Waals surface area (Å²) < 4.78 is 37.7. The minimum absolute atomic E-state index is 0.0104. The van der Waals surface area contributed by atoms with Crippen molar-refractivity contribution in [1.29, 1.82) is 0 Å². The number of halogens is 1. The number of carbonyl (C=O) groups excluding carboxylic acids is 5. The predicted molar refractivity (Wildman–Crippen MR) is 141 cm³/mol. The van der Waals surface area contributed by atoms with Gasteiger partial charge in [0.15, 0.2) is 42.0 Å². The van der Waals surface area contributed by atoms with Crippen LogP contribution in [0.2, 0.25) is 0 Å². The molecular formula is C30H29FO12. The van der Waals surface area contributed by atoms with Gasteiger partial charge in [-0.2, -0.15) is 0 Å². The second kappa shape index (κ2) is 10.8. The average molecular weight is 601 g/mol. The van der Waals surface area contributed by atoms with Gasteiger partial charge in [0.1, 0.15) is 17.1 Å². The first-order chi connectivity index (χ1) is 20.2. The van der Waals surface area contributed by atoms with Crippen molar-refractivity contribution in [2.45, 2.75) is 83.0 Å². The maximum absolute atomic E-state index is 15.9. The number of fused-ring (bicyclic) bond motifs is 3. The van der Waals surface area contributed by atoms with Gasteiger partial charge in [-0.05, 0) is 13.8 Å². The smallest absolute Gasteiger partial charge is 0.303 e. The number of ketones is 3. The van der Waals surface area contributed by atoms with Crippen LogP contribution in [-0.4, -0.2) is 81.0 Å². The zero-order valence-electron chi connectivity index (χ0n) is 23.6. The number of rotatable bonds is 5. The van der Waals surface area contributed by atoms with Gasteiger partial charge in [-0.15, -0.1) is 0 Å². The molecule has 2 aromatic carbocycles. The van der Waals surface area contributed by atoms with Gasteiger partial charge in [-0.25, -0.2) is 4.39 Å². The summed E-state index contributed by atoms with van der Waals surface area (Å²) in [5.41, 5.74) is -3.74. The number of hydrogen-bond donors (Lipinski definition) is 3. The van der Waals surface area contributed by atoms with Crippen molar-refractivity contribution in [2.75, 3.05) is 0 Å². The molecule has 0 spiro atoms. The van der Waals surface area contributed by atoms with E-state index < -0.39 is 107 Å². The number of phenolic OH excluding ortho intramolecular Hbond substituents is 2. The Hall–Kier alpha value is -4.20. The molecule has 1 saturated heterocycles. The molecular weight excluding hydrogens is 571 g/mol. The maximum Gasteiger partial charge on any atom is 0.303 e. The van der Waals surface area contributed by atoms with Crippen molar-refractivity contribution in [3.63, 3.8) is 0 Å². The van der Waals surface area contributed by atoms with E-state index in [0.29, 0.717) is 0 Å². The number of benzene rings is 2. The summed E-state index contributed by atoms with van der Waals surface area (Å²) in [4.78, 5) is 62.9. The maximum atomic E-state index is 15.9. The van der Waals surface area contributed by atoms with Crippen molar-refractivity contribution in [3.8, 4) is 11.5 Å². The van der Waals surface area contributed by atoms with Crippen LogP contribution in [0.25, 0.3) is 0 Å². The molecule has 2 aromatic rings. The predicted octanol–water partition coefficient (Wildman–Crippen LogP) is 2.14. The first-order valence-corrected chi connectivity index (χ1v) is 13.5. The summed E-state index contributed by atoms with van der Waals surface area (Å²) in [6.45, 7) is 4.60. The lowest BCUT2D eigenvalue weighted by atomic mass is 9.72. The lowest BCUT2D eigenvalue weighted by Crippen LogP contribution is -2.59. The lowest BCUT2D eigenvalue weighted by molar-refractivity contribution is -0.298. The van der Waals surface area contributed by atoms with E-state index in [9.17, 15) is 39.3 Å². The van der Waals surface area contributed by atoms with Crippen LogP contribution in [0.1, 0.15) is 83.2 Å². The molecule has 0 bridgehead atoms. The number of carbonyl (C=O) groups is 5. The summed E-state index contributed by atoms with van der Waals surface area (Å²) in [7, 11) is 0. The fourth-order valence-corrected chi connectivity index (χ4v) is 5.98. The van der Waals surface area contributed by atoms with Gasteiger partial charge in [0, 0.05) is 48.9 Å². The molecule has 13 heteroatoms. The Morgan fingerprint density at radius 2 is 1.47 bits per heavy atom. The monoisotopic (exact) mass is 600 g/mol. The molecule has 0 aromatic heterocycles. The summed E-state index contributed by atoms with van der Waals surface area (Å²) in [5, 5.41) is 34.1. The van der Waals surface area contributed by atoms with Gasteiger partial charge < -0.3 is 34.3 Å². The molecule has 228 valence electrons. The van der Waals surface area contributed by atoms with E-state index in [1.54, 1.807) is 0 Å². The van der Waals surface area contributed by atoms with Crippen LogP contribution in [0, 0.1) is 0 Å². The summed E-state index contributed by atoms with van der Waals surface area (Å²) in [6.07, 6.45) is -10.9. The number of aromatic hydroxyl groups is 2. The minimum Gasteiger partial charge on any atom is -0.507 e. The van der Waals surface area contributed by atoms with Crippen molar-refractivity contribution in [2.24, 2.45) is 0 Å². The zero-order chi connectivity index (χ0) is 31.5. The van der Waals surface area contributed by atoms with Crippen LogP contribution in [0.15, 0.2) is 24.3 Å². The second-order valence-corrected chi connectivity index (χ2v) is 10.9. The number of Topliss-reactive ketones (excluding diaryl/α,β-unsaturated/α-hetero) is 1. The lowest BCUT2D eigenvalue weighted by Gasteiger charge is -2.44. The first-order valence-electron chi connectivity index (χ1n) is 13.5. The molecule has 6 unspecified atom stereocenters. The highest BCUT2D eigenvalue weighted by Crippen LogP contribution is 2.52. The molecule has 1 heterocycles. The minimum atomic E-state index is -2.27. The molecule has 2 aliphatic carbocycles. The molecule has 7 atom stereocenters. The fraction of sp³-hybridized carbons (Fsp3) is 0.433. The van der Waals surface area contributed by atoms with Gasteiger partial charge in [0.2, 0.25) is 0 Å². The Bertz CT molecular complexity index is 1570. The molecule has 0 radical (unpaired) electrons. The van der Waals surface area contributed by atoms with E-state index in [-0.39, 0.29) is 22.3 Å². The Labute approximate surface area is 244 Å². The highest BCUT2D eigenvalue weighted by Gasteiger charge is 2.53. The Morgan fingerprint density at radius 1 is 0.930 bits per heavy atom. The van der Waals surface area contributed by atoms with Crippen LogP contribution in [-0.2, 0) is 39.8 Å². The average Bonchev–Trinajstić information content (AvgIpc) is 2.93. The van der Waals surface area contributed by atoms with Crippen molar-refractivity contribution >= 4 is 29.3 Å². The molecule has 3 N–H and O–H groups in total. The molecule has 5 rings (SSSR count). The second-order valence-electron chi connectivity index (χ2n) is 10.9. The van der Waals surface area contributed by atoms with Crippen LogP contribution in [0.4, 0.5) is 4.39 Å². The van der Waals surface area contributed by atoms with E-state index in [2.05, 4.69) is 0 Å². The van der Waals surface area contributed by atoms with Crippen LogP contribution in [0.3, 0.4) is 0 Å². The van der Waals surface area contributed by atoms with E-state index in [0.717, 1.165) is 20.8 Å². The topological polar surface area (TPSA) is 183 Å². The fourth-order valence-electron chi connectivity index (χ4n) is 5.98. The van der Waals surface area contributed by atoms with Gasteiger partial charge in [0.05, 0.1) is 23.3 Å². The molecule has 1 fully saturated rings. The zero-order valence-corrected chi connectivity index (χ0v) is 23.6. The number of hydrogen-bond acceptors (Lipinski definition) is 12. The van der Waals surface area contributed by atoms with Gasteiger partial charge in [-0.3, -0.25) is 24.0 Å². The van der Waals surface area contributed by atoms with Gasteiger partial charge in [0.25, 0.3) is 0 Å². The molecule has 3 aliphatic rings. The van der Waals surface area contributed by atoms with E-state index >= 15 is 4.39 Å². The van der Waals surface area contributed by atoms with Gasteiger partial charge >= 0.3 is 11.9 Å². The van der Waals surface area contributed by atoms with Crippen molar-refractivity contribution in [3.05, 3.63) is 57.6 Å². The quantitative estimate of drug-likeness (QED) is 0.287. The summed E-state index contributed by atoms with van der Waals surface area (Å²) in [6, 6.07) is 5.82. The number of ether oxygens (including phenoxy) is 4. The molecule has 1 aliphatic heterocycles. The third kappa shape index (κ3) is 4.96. The molecule has 12 nitrogen and oxygen atoms in total. The normalized spacial score (nSPS) is 29.6. The number of esters is 2. The van der Waals surface area contributed by atoms with Crippen LogP contribution >= 0.6 is 0 Å². The Morgan fingerprint density at radius 3 is 2.00 bits per heavy atom. The van der Waals surface area contributed by atoms with Crippen LogP contribution in [0.5, 0.6) is 11.5 Å². The largest absolute Gasteiger partial charge is 0.507 e. The van der Waals surface area contributed by atoms with E-state index in [1.165, 1.54) is 31.2 Å². The number of phenols is 2. The highest BCUT2D eigenvalue weighted by molar-refractivity contribution is 6.30. The Kier molecular flexibility index (Phi) is 7.61.